The molecule has 7 aromatic carbocycles. The molecule has 0 unspecified atom stereocenters. The first-order valence-electron chi connectivity index (χ1n) is 27.6. The molecular formula is C70H81BN2. The summed E-state index contributed by atoms with van der Waals surface area (Å²) in [6.45, 7) is 40.6. The number of benzene rings is 7. The van der Waals surface area contributed by atoms with Gasteiger partial charge in [0.1, 0.15) is 0 Å². The van der Waals surface area contributed by atoms with E-state index >= 15 is 0 Å². The third-order valence-corrected chi connectivity index (χ3v) is 18.3. The molecule has 0 amide bonds. The van der Waals surface area contributed by atoms with Crippen molar-refractivity contribution in [3.8, 4) is 22.3 Å². The van der Waals surface area contributed by atoms with Crippen molar-refractivity contribution >= 4 is 57.2 Å². The molecule has 7 aromatic rings. The molecule has 0 atom stereocenters. The summed E-state index contributed by atoms with van der Waals surface area (Å²) in [7, 11) is 0. The molecule has 3 heteroatoms. The van der Waals surface area contributed by atoms with Crippen LogP contribution in [0.1, 0.15) is 182 Å². The van der Waals surface area contributed by atoms with E-state index in [-0.39, 0.29) is 44.6 Å². The zero-order valence-electron chi connectivity index (χ0n) is 47.5. The molecule has 11 rings (SSSR count). The Morgan fingerprint density at radius 1 is 0.329 bits per heavy atom. The van der Waals surface area contributed by atoms with E-state index in [0.29, 0.717) is 0 Å². The van der Waals surface area contributed by atoms with Gasteiger partial charge in [-0.15, -0.1) is 0 Å². The second-order valence-electron chi connectivity index (χ2n) is 28.5. The van der Waals surface area contributed by atoms with Gasteiger partial charge < -0.3 is 9.80 Å². The van der Waals surface area contributed by atoms with Crippen molar-refractivity contribution in [2.75, 3.05) is 9.80 Å². The topological polar surface area (TPSA) is 6.48 Å². The first-order valence-corrected chi connectivity index (χ1v) is 27.6. The predicted octanol–water partition coefficient (Wildman–Crippen LogP) is 17.7. The predicted molar refractivity (Wildman–Crippen MR) is 318 cm³/mol. The van der Waals surface area contributed by atoms with E-state index < -0.39 is 0 Å². The fraction of sp³-hybridized carbons (Fsp3) is 0.400. The molecule has 73 heavy (non-hydrogen) atoms. The van der Waals surface area contributed by atoms with Crippen LogP contribution in [-0.4, -0.2) is 6.71 Å². The maximum Gasteiger partial charge on any atom is 0.252 e. The highest BCUT2D eigenvalue weighted by Crippen LogP contribution is 2.51. The summed E-state index contributed by atoms with van der Waals surface area (Å²) in [5.41, 5.74) is 27.2. The first-order chi connectivity index (χ1) is 34.0. The first kappa shape index (κ1) is 49.4. The van der Waals surface area contributed by atoms with Crippen molar-refractivity contribution in [2.24, 2.45) is 0 Å². The lowest BCUT2D eigenvalue weighted by Crippen LogP contribution is -2.61. The molecule has 0 saturated carbocycles. The summed E-state index contributed by atoms with van der Waals surface area (Å²) in [5, 5.41) is 0. The van der Waals surface area contributed by atoms with Gasteiger partial charge in [0.2, 0.25) is 0 Å². The van der Waals surface area contributed by atoms with Gasteiger partial charge in [0.25, 0.3) is 6.71 Å². The molecule has 2 nitrogen and oxygen atoms in total. The summed E-state index contributed by atoms with van der Waals surface area (Å²) >= 11 is 0. The third-order valence-electron chi connectivity index (χ3n) is 18.3. The Labute approximate surface area is 440 Å². The van der Waals surface area contributed by atoms with E-state index in [2.05, 4.69) is 261 Å². The molecular weight excluding hydrogens is 880 g/mol. The van der Waals surface area contributed by atoms with Crippen molar-refractivity contribution < 1.29 is 0 Å². The minimum atomic E-state index is -0.109. The molecule has 374 valence electrons. The van der Waals surface area contributed by atoms with Crippen LogP contribution in [0, 0.1) is 0 Å². The van der Waals surface area contributed by atoms with Crippen LogP contribution in [0.5, 0.6) is 0 Å². The lowest BCUT2D eigenvalue weighted by Gasteiger charge is -2.45. The molecule has 0 aromatic heterocycles. The van der Waals surface area contributed by atoms with E-state index in [9.17, 15) is 0 Å². The molecule has 2 aliphatic heterocycles. The second kappa shape index (κ2) is 16.4. The van der Waals surface area contributed by atoms with E-state index in [1.54, 1.807) is 0 Å². The minimum absolute atomic E-state index is 0.00277. The fourth-order valence-electron chi connectivity index (χ4n) is 13.1. The zero-order valence-corrected chi connectivity index (χ0v) is 47.5. The van der Waals surface area contributed by atoms with Gasteiger partial charge in [-0.25, -0.2) is 0 Å². The maximum absolute atomic E-state index is 2.62. The largest absolute Gasteiger partial charge is 0.311 e. The molecule has 0 fully saturated rings. The third kappa shape index (κ3) is 8.22. The summed E-state index contributed by atoms with van der Waals surface area (Å²) in [4.78, 5) is 5.21. The number of anilines is 6. The lowest BCUT2D eigenvalue weighted by atomic mass is 9.33. The van der Waals surface area contributed by atoms with Crippen LogP contribution in [0.25, 0.3) is 22.3 Å². The van der Waals surface area contributed by atoms with Crippen LogP contribution in [0.2, 0.25) is 0 Å². The van der Waals surface area contributed by atoms with Gasteiger partial charge in [-0.2, -0.15) is 0 Å². The Hall–Kier alpha value is -5.80. The van der Waals surface area contributed by atoms with Crippen LogP contribution < -0.4 is 26.2 Å². The zero-order chi connectivity index (χ0) is 52.2. The molecule has 2 heterocycles. The molecule has 0 bridgehead atoms. The van der Waals surface area contributed by atoms with Gasteiger partial charge in [0, 0.05) is 34.1 Å². The number of hydrogen-bond acceptors (Lipinski definition) is 2. The summed E-state index contributed by atoms with van der Waals surface area (Å²) in [6.07, 6.45) is 4.82. The van der Waals surface area contributed by atoms with Gasteiger partial charge >= 0.3 is 0 Å². The average molecular weight is 961 g/mol. The van der Waals surface area contributed by atoms with Crippen molar-refractivity contribution in [1.29, 1.82) is 0 Å². The van der Waals surface area contributed by atoms with Crippen molar-refractivity contribution in [1.82, 2.24) is 0 Å². The van der Waals surface area contributed by atoms with Gasteiger partial charge in [0.05, 0.1) is 0 Å². The van der Waals surface area contributed by atoms with E-state index in [1.807, 2.05) is 0 Å². The van der Waals surface area contributed by atoms with Crippen LogP contribution in [0.4, 0.5) is 34.1 Å². The van der Waals surface area contributed by atoms with Crippen LogP contribution in [0.3, 0.4) is 0 Å². The average Bonchev–Trinajstić information content (AvgIpc) is 3.33. The Morgan fingerprint density at radius 2 is 0.685 bits per heavy atom. The molecule has 0 spiro atoms. The Morgan fingerprint density at radius 3 is 1.15 bits per heavy atom. The monoisotopic (exact) mass is 961 g/mol. The van der Waals surface area contributed by atoms with Crippen molar-refractivity contribution in [2.45, 2.75) is 181 Å². The van der Waals surface area contributed by atoms with Gasteiger partial charge in [-0.1, -0.05) is 203 Å². The smallest absolute Gasteiger partial charge is 0.252 e. The lowest BCUT2D eigenvalue weighted by molar-refractivity contribution is 0.332. The van der Waals surface area contributed by atoms with E-state index in [0.717, 1.165) is 0 Å². The van der Waals surface area contributed by atoms with E-state index in [1.165, 1.54) is 137 Å². The number of hydrogen-bond donors (Lipinski definition) is 0. The summed E-state index contributed by atoms with van der Waals surface area (Å²) in [6, 6.07) is 53.6. The van der Waals surface area contributed by atoms with Crippen LogP contribution >= 0.6 is 0 Å². The van der Waals surface area contributed by atoms with Gasteiger partial charge in [-0.05, 0) is 190 Å². The quantitative estimate of drug-likeness (QED) is 0.162. The number of fused-ring (bicyclic) bond motifs is 6. The Kier molecular flexibility index (Phi) is 11.1. The highest BCUT2D eigenvalue weighted by atomic mass is 15.2. The standard InChI is InChI=1S/C70H81BN2/c1-64(2,3)48-23-28-52(29-24-48)73-60-33-25-49(65(4,5)6)41-58(60)71-57-40-47(46-21-31-54-56(39-46)70(16,17)37-35-68(54,12)13)22-32-59(57)72(61-42-50(66(7,8)9)43-62(73)63(61)71)51-26-18-44(19-27-51)45-20-30-53-55(38-45)69(14,15)36-34-67(53,10)11/h18-33,38-43H,34-37H2,1-17H3. The summed E-state index contributed by atoms with van der Waals surface area (Å²) in [5.74, 6) is 0. The SMILES string of the molecule is CC(C)(C)c1ccc(N2c3ccc(C(C)(C)C)cc3B3c4cc(-c5ccc6c(c5)C(C)(C)CCC6(C)C)ccc4N(c4ccc(-c5ccc6c(c5)C(C)(C)CCC6(C)C)cc4)c4cc(C(C)(C)C)cc2c43)cc1. The number of rotatable bonds is 4. The van der Waals surface area contributed by atoms with E-state index in [4.69, 9.17) is 0 Å². The normalized spacial score (nSPS) is 18.1. The molecule has 0 radical (unpaired) electrons. The molecule has 2 aliphatic carbocycles. The van der Waals surface area contributed by atoms with Gasteiger partial charge in [0.15, 0.2) is 0 Å². The molecule has 4 aliphatic rings. The Balaban J connectivity index is 1.17. The van der Waals surface area contributed by atoms with Crippen LogP contribution in [0.15, 0.2) is 133 Å². The van der Waals surface area contributed by atoms with Crippen LogP contribution in [-0.2, 0) is 37.9 Å². The van der Waals surface area contributed by atoms with Gasteiger partial charge in [-0.3, -0.25) is 0 Å². The highest BCUT2D eigenvalue weighted by Gasteiger charge is 2.45. The van der Waals surface area contributed by atoms with Crippen molar-refractivity contribution in [3.05, 3.63) is 172 Å². The Bertz CT molecular complexity index is 3340. The molecule has 0 saturated heterocycles. The highest BCUT2D eigenvalue weighted by molar-refractivity contribution is 7.00. The molecule has 0 N–H and O–H groups in total. The number of nitrogens with zero attached hydrogens (tertiary/aromatic N) is 2. The minimum Gasteiger partial charge on any atom is -0.311 e. The van der Waals surface area contributed by atoms with Crippen molar-refractivity contribution in [3.63, 3.8) is 0 Å². The summed E-state index contributed by atoms with van der Waals surface area (Å²) < 4.78 is 0. The second-order valence-corrected chi connectivity index (χ2v) is 28.5. The fourth-order valence-corrected chi connectivity index (χ4v) is 13.1. The maximum atomic E-state index is 2.62.